The average Bonchev–Trinajstić information content (AvgIpc) is 3.34. The highest BCUT2D eigenvalue weighted by Crippen LogP contribution is 2.42. The van der Waals surface area contributed by atoms with Crippen LogP contribution in [0, 0.1) is 24.0 Å². The van der Waals surface area contributed by atoms with Crippen molar-refractivity contribution in [3.63, 3.8) is 0 Å². The van der Waals surface area contributed by atoms with Gasteiger partial charge in [0.1, 0.15) is 5.75 Å². The van der Waals surface area contributed by atoms with Crippen molar-refractivity contribution >= 4 is 23.0 Å². The van der Waals surface area contributed by atoms with Crippen LogP contribution in [-0.2, 0) is 4.74 Å². The lowest BCUT2D eigenvalue weighted by Crippen LogP contribution is -2.31. The Morgan fingerprint density at radius 2 is 2.00 bits per heavy atom. The summed E-state index contributed by atoms with van der Waals surface area (Å²) in [7, 11) is 3.25. The second kappa shape index (κ2) is 10.4. The first-order chi connectivity index (χ1) is 16.9. The van der Waals surface area contributed by atoms with Gasteiger partial charge in [0, 0.05) is 50.0 Å². The van der Waals surface area contributed by atoms with Gasteiger partial charge in [-0.05, 0) is 62.3 Å². The first-order valence-corrected chi connectivity index (χ1v) is 11.8. The van der Waals surface area contributed by atoms with Crippen LogP contribution in [0.15, 0.2) is 48.7 Å². The number of nitrogens with zero attached hydrogens (tertiary/aromatic N) is 4. The lowest BCUT2D eigenvalue weighted by Gasteiger charge is -2.28. The molecule has 1 N–H and O–H groups in total. The van der Waals surface area contributed by atoms with Crippen molar-refractivity contribution in [2.75, 3.05) is 27.4 Å². The molecule has 4 rings (SSSR count). The number of benzene rings is 1. The van der Waals surface area contributed by atoms with Gasteiger partial charge in [-0.3, -0.25) is 15.1 Å². The fourth-order valence-electron chi connectivity index (χ4n) is 4.79. The number of hydrogen-bond acceptors (Lipinski definition) is 6. The molecule has 0 aliphatic carbocycles. The molecule has 0 saturated carbocycles. The lowest BCUT2D eigenvalue weighted by molar-refractivity contribution is -0.384. The summed E-state index contributed by atoms with van der Waals surface area (Å²) >= 11 is 5.75. The number of nitro benzene ring substituents is 1. The number of hydrogen-bond donors (Lipinski definition) is 1. The molecule has 35 heavy (non-hydrogen) atoms. The summed E-state index contributed by atoms with van der Waals surface area (Å²) in [5, 5.41) is 15.6. The minimum Gasteiger partial charge on any atom is -0.495 e. The third-order valence-corrected chi connectivity index (χ3v) is 6.70. The van der Waals surface area contributed by atoms with Gasteiger partial charge in [0.25, 0.3) is 5.69 Å². The Bertz CT molecular complexity index is 1230. The summed E-state index contributed by atoms with van der Waals surface area (Å²) < 4.78 is 12.8. The number of non-ortho nitro benzene ring substituents is 1. The monoisotopic (exact) mass is 495 g/mol. The van der Waals surface area contributed by atoms with Crippen molar-refractivity contribution in [2.24, 2.45) is 0 Å². The predicted molar refractivity (Wildman–Crippen MR) is 137 cm³/mol. The molecule has 0 amide bonds. The maximum absolute atomic E-state index is 11.5. The van der Waals surface area contributed by atoms with E-state index in [-0.39, 0.29) is 17.8 Å². The van der Waals surface area contributed by atoms with Gasteiger partial charge in [-0.1, -0.05) is 6.07 Å². The number of thiocarbonyl (C=S) groups is 1. The number of aryl methyl sites for hydroxylation is 1. The first-order valence-electron chi connectivity index (χ1n) is 11.4. The Labute approximate surface area is 209 Å². The number of rotatable bonds is 9. The van der Waals surface area contributed by atoms with Crippen molar-refractivity contribution in [3.05, 3.63) is 81.4 Å². The number of methoxy groups -OCH3 is 2. The van der Waals surface area contributed by atoms with E-state index in [0.717, 1.165) is 35.6 Å². The molecule has 184 valence electrons. The number of ether oxygens (including phenoxy) is 2. The quantitative estimate of drug-likeness (QED) is 0.202. The van der Waals surface area contributed by atoms with Crippen LogP contribution in [0.2, 0.25) is 0 Å². The molecule has 1 saturated heterocycles. The fraction of sp³-hybridized carbons (Fsp3) is 0.360. The molecule has 0 radical (unpaired) electrons. The van der Waals surface area contributed by atoms with Gasteiger partial charge in [-0.2, -0.15) is 0 Å². The summed E-state index contributed by atoms with van der Waals surface area (Å²) in [4.78, 5) is 17.9. The number of nitrogens with one attached hydrogen (secondary N) is 1. The summed E-state index contributed by atoms with van der Waals surface area (Å²) in [6.07, 6.45) is 2.60. The standard InChI is InChI=1S/C25H29N5O4S/c1-16-14-19(17(2)29(16)21-15-18(30(31)32)9-10-22(21)34-4)24-23(20-8-5-6-11-26-20)27-25(35)28(24)12-7-13-33-3/h5-6,8-11,14-15,23-24H,7,12-13H2,1-4H3,(H,27,35)/t23-,24-/m1/s1. The molecular weight excluding hydrogens is 466 g/mol. The molecule has 3 aromatic rings. The highest BCUT2D eigenvalue weighted by Gasteiger charge is 2.41. The van der Waals surface area contributed by atoms with Crippen LogP contribution in [0.3, 0.4) is 0 Å². The summed E-state index contributed by atoms with van der Waals surface area (Å²) in [6.45, 7) is 5.35. The zero-order valence-corrected chi connectivity index (χ0v) is 21.0. The van der Waals surface area contributed by atoms with Gasteiger partial charge >= 0.3 is 0 Å². The Morgan fingerprint density at radius 3 is 2.66 bits per heavy atom. The smallest absolute Gasteiger partial charge is 0.271 e. The van der Waals surface area contributed by atoms with E-state index in [4.69, 9.17) is 21.7 Å². The van der Waals surface area contributed by atoms with E-state index < -0.39 is 4.92 Å². The molecule has 1 aliphatic heterocycles. The largest absolute Gasteiger partial charge is 0.495 e. The maximum Gasteiger partial charge on any atom is 0.271 e. The Kier molecular flexibility index (Phi) is 7.32. The summed E-state index contributed by atoms with van der Waals surface area (Å²) in [5.41, 5.74) is 4.48. The Morgan fingerprint density at radius 1 is 1.20 bits per heavy atom. The first kappa shape index (κ1) is 24.6. The molecule has 9 nitrogen and oxygen atoms in total. The molecule has 0 unspecified atom stereocenters. The minimum atomic E-state index is -0.397. The minimum absolute atomic E-state index is 0.00566. The normalized spacial score (nSPS) is 17.5. The van der Waals surface area contributed by atoms with Crippen molar-refractivity contribution in [2.45, 2.75) is 32.4 Å². The number of pyridine rings is 1. The third kappa shape index (κ3) is 4.71. The maximum atomic E-state index is 11.5. The molecule has 0 spiro atoms. The van der Waals surface area contributed by atoms with Crippen LogP contribution < -0.4 is 10.1 Å². The average molecular weight is 496 g/mol. The lowest BCUT2D eigenvalue weighted by atomic mass is 9.96. The van der Waals surface area contributed by atoms with Crippen molar-refractivity contribution in [1.29, 1.82) is 0 Å². The highest BCUT2D eigenvalue weighted by atomic mass is 32.1. The zero-order chi connectivity index (χ0) is 25.1. The zero-order valence-electron chi connectivity index (χ0n) is 20.2. The Balaban J connectivity index is 1.84. The molecule has 1 aromatic carbocycles. The molecule has 2 atom stereocenters. The summed E-state index contributed by atoms with van der Waals surface area (Å²) in [6, 6.07) is 12.3. The molecule has 0 bridgehead atoms. The van der Waals surface area contributed by atoms with E-state index >= 15 is 0 Å². The number of aromatic nitrogens is 2. The van der Waals surface area contributed by atoms with Gasteiger partial charge in [0.2, 0.25) is 0 Å². The Hall–Kier alpha value is -3.50. The van der Waals surface area contributed by atoms with Crippen LogP contribution in [0.4, 0.5) is 5.69 Å². The van der Waals surface area contributed by atoms with Gasteiger partial charge < -0.3 is 24.3 Å². The van der Waals surface area contributed by atoms with E-state index in [1.54, 1.807) is 32.5 Å². The van der Waals surface area contributed by atoms with Crippen molar-refractivity contribution < 1.29 is 14.4 Å². The third-order valence-electron chi connectivity index (χ3n) is 6.35. The predicted octanol–water partition coefficient (Wildman–Crippen LogP) is 4.41. The topological polar surface area (TPSA) is 94.7 Å². The highest BCUT2D eigenvalue weighted by molar-refractivity contribution is 7.80. The van der Waals surface area contributed by atoms with E-state index in [9.17, 15) is 10.1 Å². The second-order valence-electron chi connectivity index (χ2n) is 8.44. The van der Waals surface area contributed by atoms with Crippen LogP contribution >= 0.6 is 12.2 Å². The molecular formula is C25H29N5O4S. The van der Waals surface area contributed by atoms with E-state index in [1.807, 2.05) is 36.6 Å². The van der Waals surface area contributed by atoms with Crippen molar-refractivity contribution in [3.8, 4) is 11.4 Å². The van der Waals surface area contributed by atoms with E-state index in [2.05, 4.69) is 21.3 Å². The van der Waals surface area contributed by atoms with Gasteiger partial charge in [-0.15, -0.1) is 0 Å². The van der Waals surface area contributed by atoms with Crippen molar-refractivity contribution in [1.82, 2.24) is 19.8 Å². The van der Waals surface area contributed by atoms with Crippen LogP contribution in [0.1, 0.15) is 41.1 Å². The van der Waals surface area contributed by atoms with Crippen LogP contribution in [0.25, 0.3) is 5.69 Å². The second-order valence-corrected chi connectivity index (χ2v) is 8.83. The molecule has 1 fully saturated rings. The fourth-order valence-corrected chi connectivity index (χ4v) is 5.12. The number of nitro groups is 1. The van der Waals surface area contributed by atoms with Gasteiger partial charge in [0.05, 0.1) is 35.5 Å². The van der Waals surface area contributed by atoms with Crippen LogP contribution in [0.5, 0.6) is 5.75 Å². The molecule has 10 heteroatoms. The summed E-state index contributed by atoms with van der Waals surface area (Å²) in [5.74, 6) is 0.558. The van der Waals surface area contributed by atoms with Crippen LogP contribution in [-0.4, -0.2) is 51.9 Å². The van der Waals surface area contributed by atoms with E-state index in [1.165, 1.54) is 6.07 Å². The molecule has 3 heterocycles. The van der Waals surface area contributed by atoms with Gasteiger partial charge in [-0.25, -0.2) is 0 Å². The molecule has 2 aromatic heterocycles. The van der Waals surface area contributed by atoms with Gasteiger partial charge in [0.15, 0.2) is 5.11 Å². The van der Waals surface area contributed by atoms with E-state index in [0.29, 0.717) is 23.2 Å². The molecule has 1 aliphatic rings. The SMILES string of the molecule is COCCCN1C(=S)N[C@H](c2ccccn2)[C@H]1c1cc(C)n(-c2cc([N+](=O)[O-])ccc2OC)c1C.